The van der Waals surface area contributed by atoms with E-state index in [0.717, 1.165) is 19.7 Å². The SMILES string of the molecule is CC.CCCCOC1CNC1. The number of hydrogen-bond acceptors (Lipinski definition) is 2. The molecule has 0 radical (unpaired) electrons. The van der Waals surface area contributed by atoms with E-state index in [-0.39, 0.29) is 0 Å². The summed E-state index contributed by atoms with van der Waals surface area (Å²) in [6.45, 7) is 9.25. The van der Waals surface area contributed by atoms with Crippen LogP contribution in [0.4, 0.5) is 0 Å². The van der Waals surface area contributed by atoms with E-state index < -0.39 is 0 Å². The maximum atomic E-state index is 5.46. The first-order chi connectivity index (χ1) is 5.43. The Balaban J connectivity index is 0.000000461. The van der Waals surface area contributed by atoms with Crippen LogP contribution in [0, 0.1) is 0 Å². The van der Waals surface area contributed by atoms with Crippen LogP contribution in [0.5, 0.6) is 0 Å². The van der Waals surface area contributed by atoms with Gasteiger partial charge in [-0.25, -0.2) is 0 Å². The van der Waals surface area contributed by atoms with Crippen LogP contribution in [0.15, 0.2) is 0 Å². The Hall–Kier alpha value is -0.0800. The third-order valence-electron chi connectivity index (χ3n) is 1.60. The van der Waals surface area contributed by atoms with Gasteiger partial charge in [0, 0.05) is 19.7 Å². The number of rotatable bonds is 4. The zero-order chi connectivity index (χ0) is 8.53. The van der Waals surface area contributed by atoms with Gasteiger partial charge in [0.15, 0.2) is 0 Å². The van der Waals surface area contributed by atoms with Gasteiger partial charge in [-0.05, 0) is 6.42 Å². The Morgan fingerprint density at radius 1 is 1.36 bits per heavy atom. The van der Waals surface area contributed by atoms with E-state index in [0.29, 0.717) is 6.10 Å². The van der Waals surface area contributed by atoms with Crippen molar-refractivity contribution in [1.29, 1.82) is 0 Å². The molecule has 1 saturated heterocycles. The zero-order valence-corrected chi connectivity index (χ0v) is 8.02. The highest BCUT2D eigenvalue weighted by Gasteiger charge is 2.15. The molecule has 2 nitrogen and oxygen atoms in total. The van der Waals surface area contributed by atoms with Crippen LogP contribution in [-0.4, -0.2) is 25.8 Å². The molecule has 0 aliphatic carbocycles. The van der Waals surface area contributed by atoms with E-state index in [4.69, 9.17) is 4.74 Å². The third-order valence-corrected chi connectivity index (χ3v) is 1.60. The molecule has 0 spiro atoms. The molecule has 0 aromatic heterocycles. The van der Waals surface area contributed by atoms with Crippen molar-refractivity contribution in [2.75, 3.05) is 19.7 Å². The highest BCUT2D eigenvalue weighted by atomic mass is 16.5. The monoisotopic (exact) mass is 159 g/mol. The maximum absolute atomic E-state index is 5.46. The van der Waals surface area contributed by atoms with Crippen LogP contribution in [0.2, 0.25) is 0 Å². The van der Waals surface area contributed by atoms with E-state index >= 15 is 0 Å². The van der Waals surface area contributed by atoms with Crippen molar-refractivity contribution in [3.63, 3.8) is 0 Å². The van der Waals surface area contributed by atoms with Crippen LogP contribution in [0.25, 0.3) is 0 Å². The average molecular weight is 159 g/mol. The molecule has 68 valence electrons. The summed E-state index contributed by atoms with van der Waals surface area (Å²) in [4.78, 5) is 0. The summed E-state index contributed by atoms with van der Waals surface area (Å²) in [7, 11) is 0. The molecule has 0 bridgehead atoms. The van der Waals surface area contributed by atoms with Crippen LogP contribution >= 0.6 is 0 Å². The molecular weight excluding hydrogens is 138 g/mol. The van der Waals surface area contributed by atoms with Crippen molar-refractivity contribution in [2.24, 2.45) is 0 Å². The Morgan fingerprint density at radius 2 is 2.00 bits per heavy atom. The fraction of sp³-hybridized carbons (Fsp3) is 1.00. The van der Waals surface area contributed by atoms with E-state index in [1.807, 2.05) is 13.8 Å². The van der Waals surface area contributed by atoms with E-state index in [2.05, 4.69) is 12.2 Å². The lowest BCUT2D eigenvalue weighted by atomic mass is 10.2. The molecule has 1 rings (SSSR count). The molecule has 2 heteroatoms. The second-order valence-corrected chi connectivity index (χ2v) is 2.50. The molecule has 0 atom stereocenters. The highest BCUT2D eigenvalue weighted by Crippen LogP contribution is 1.99. The summed E-state index contributed by atoms with van der Waals surface area (Å²) >= 11 is 0. The summed E-state index contributed by atoms with van der Waals surface area (Å²) in [6, 6.07) is 0. The molecule has 0 aromatic carbocycles. The van der Waals surface area contributed by atoms with Gasteiger partial charge in [0.2, 0.25) is 0 Å². The summed E-state index contributed by atoms with van der Waals surface area (Å²) in [5.74, 6) is 0. The topological polar surface area (TPSA) is 21.3 Å². The maximum Gasteiger partial charge on any atom is 0.0823 e. The molecule has 1 heterocycles. The highest BCUT2D eigenvalue weighted by molar-refractivity contribution is 4.74. The molecule has 0 aromatic rings. The quantitative estimate of drug-likeness (QED) is 0.632. The first-order valence-electron chi connectivity index (χ1n) is 4.76. The minimum Gasteiger partial charge on any atom is -0.376 e. The summed E-state index contributed by atoms with van der Waals surface area (Å²) < 4.78 is 5.46. The van der Waals surface area contributed by atoms with Crippen molar-refractivity contribution < 1.29 is 4.74 Å². The smallest absolute Gasteiger partial charge is 0.0823 e. The van der Waals surface area contributed by atoms with Crippen LogP contribution in [0.3, 0.4) is 0 Å². The van der Waals surface area contributed by atoms with Gasteiger partial charge in [-0.2, -0.15) is 0 Å². The standard InChI is InChI=1S/C7H15NO.C2H6/c1-2-3-4-9-7-5-8-6-7;1-2/h7-8H,2-6H2,1H3;1-2H3. The number of nitrogens with one attached hydrogen (secondary N) is 1. The third kappa shape index (κ3) is 5.22. The summed E-state index contributed by atoms with van der Waals surface area (Å²) in [5, 5.41) is 3.16. The number of hydrogen-bond donors (Lipinski definition) is 1. The second-order valence-electron chi connectivity index (χ2n) is 2.50. The normalized spacial score (nSPS) is 16.6. The van der Waals surface area contributed by atoms with Crippen molar-refractivity contribution in [1.82, 2.24) is 5.32 Å². The van der Waals surface area contributed by atoms with E-state index in [9.17, 15) is 0 Å². The fourth-order valence-electron chi connectivity index (χ4n) is 0.774. The first kappa shape index (κ1) is 10.9. The van der Waals surface area contributed by atoms with Crippen molar-refractivity contribution in [2.45, 2.75) is 39.7 Å². The van der Waals surface area contributed by atoms with Gasteiger partial charge in [-0.1, -0.05) is 27.2 Å². The minimum absolute atomic E-state index is 0.525. The number of unbranched alkanes of at least 4 members (excludes halogenated alkanes) is 1. The van der Waals surface area contributed by atoms with Gasteiger partial charge in [-0.15, -0.1) is 0 Å². The van der Waals surface area contributed by atoms with E-state index in [1.54, 1.807) is 0 Å². The number of ether oxygens (including phenoxy) is 1. The van der Waals surface area contributed by atoms with Crippen molar-refractivity contribution >= 4 is 0 Å². The lowest BCUT2D eigenvalue weighted by molar-refractivity contribution is 0.0176. The predicted octanol–water partition coefficient (Wildman–Crippen LogP) is 1.80. The van der Waals surface area contributed by atoms with Crippen LogP contribution in [-0.2, 0) is 4.74 Å². The van der Waals surface area contributed by atoms with Gasteiger partial charge in [0.25, 0.3) is 0 Å². The predicted molar refractivity (Wildman–Crippen MR) is 48.9 cm³/mol. The van der Waals surface area contributed by atoms with Gasteiger partial charge < -0.3 is 10.1 Å². The van der Waals surface area contributed by atoms with Crippen molar-refractivity contribution in [3.05, 3.63) is 0 Å². The van der Waals surface area contributed by atoms with Gasteiger partial charge in [0.1, 0.15) is 0 Å². The lowest BCUT2D eigenvalue weighted by Gasteiger charge is -2.26. The minimum atomic E-state index is 0.525. The van der Waals surface area contributed by atoms with Crippen LogP contribution < -0.4 is 5.32 Å². The Labute approximate surface area is 70.3 Å². The van der Waals surface area contributed by atoms with Gasteiger partial charge in [0.05, 0.1) is 6.10 Å². The summed E-state index contributed by atoms with van der Waals surface area (Å²) in [5.41, 5.74) is 0. The van der Waals surface area contributed by atoms with Crippen molar-refractivity contribution in [3.8, 4) is 0 Å². The molecule has 1 aliphatic rings. The first-order valence-corrected chi connectivity index (χ1v) is 4.76. The molecule has 0 amide bonds. The molecule has 1 fully saturated rings. The lowest BCUT2D eigenvalue weighted by Crippen LogP contribution is -2.48. The molecule has 11 heavy (non-hydrogen) atoms. The second kappa shape index (κ2) is 8.02. The Bertz CT molecular complexity index is 72.0. The Morgan fingerprint density at radius 3 is 2.36 bits per heavy atom. The van der Waals surface area contributed by atoms with Gasteiger partial charge >= 0.3 is 0 Å². The zero-order valence-electron chi connectivity index (χ0n) is 8.02. The largest absolute Gasteiger partial charge is 0.376 e. The molecule has 0 saturated carbocycles. The summed E-state index contributed by atoms with van der Waals surface area (Å²) in [6.07, 6.45) is 2.97. The Kier molecular flexibility index (Phi) is 7.96. The molecular formula is C9H21NO. The van der Waals surface area contributed by atoms with E-state index in [1.165, 1.54) is 12.8 Å². The molecule has 0 unspecified atom stereocenters. The van der Waals surface area contributed by atoms with Gasteiger partial charge in [-0.3, -0.25) is 0 Å². The molecule has 1 N–H and O–H groups in total. The van der Waals surface area contributed by atoms with Crippen LogP contribution in [0.1, 0.15) is 33.6 Å². The fourth-order valence-corrected chi connectivity index (χ4v) is 0.774. The average Bonchev–Trinajstić information content (AvgIpc) is 1.99. The molecule has 1 aliphatic heterocycles.